The smallest absolute Gasteiger partial charge is 0.120 e. The Kier molecular flexibility index (Phi) is 6.50. The van der Waals surface area contributed by atoms with Gasteiger partial charge in [-0.25, -0.2) is 4.68 Å². The molecule has 206 valence electrons. The zero-order valence-electron chi connectivity index (χ0n) is 23.5. The second-order valence-corrected chi connectivity index (χ2v) is 12.5. The van der Waals surface area contributed by atoms with Crippen LogP contribution in [0.15, 0.2) is 79.0 Å². The molecule has 7 rings (SSSR count). The van der Waals surface area contributed by atoms with Crippen molar-refractivity contribution >= 4 is 0 Å². The monoisotopic (exact) mass is 533 g/mol. The molecule has 1 N–H and O–H groups in total. The first-order valence-corrected chi connectivity index (χ1v) is 15.0. The summed E-state index contributed by atoms with van der Waals surface area (Å²) in [5.74, 6) is 2.58. The molecule has 0 aliphatic heterocycles. The van der Waals surface area contributed by atoms with E-state index in [1.165, 1.54) is 28.7 Å². The van der Waals surface area contributed by atoms with Crippen molar-refractivity contribution in [3.63, 3.8) is 0 Å². The molecule has 2 fully saturated rings. The van der Waals surface area contributed by atoms with Crippen molar-refractivity contribution in [2.45, 2.75) is 77.0 Å². The summed E-state index contributed by atoms with van der Waals surface area (Å²) in [7, 11) is 0. The van der Waals surface area contributed by atoms with E-state index in [0.717, 1.165) is 49.1 Å². The molecule has 3 aliphatic rings. The highest BCUT2D eigenvalue weighted by Gasteiger charge is 2.58. The molecule has 0 saturated heterocycles. The maximum Gasteiger partial charge on any atom is 0.120 e. The van der Waals surface area contributed by atoms with Gasteiger partial charge in [-0.3, -0.25) is 0 Å². The van der Waals surface area contributed by atoms with Crippen molar-refractivity contribution in [3.05, 3.63) is 101 Å². The molecule has 6 atom stereocenters. The number of hydrogen-bond acceptors (Lipinski definition) is 4. The lowest BCUT2D eigenvalue weighted by Gasteiger charge is -2.50. The van der Waals surface area contributed by atoms with E-state index in [0.29, 0.717) is 24.4 Å². The largest absolute Gasteiger partial charge is 0.489 e. The molecule has 0 spiro atoms. The molecule has 1 aromatic heterocycles. The summed E-state index contributed by atoms with van der Waals surface area (Å²) in [4.78, 5) is 0. The molecule has 2 saturated carbocycles. The Morgan fingerprint density at radius 3 is 2.62 bits per heavy atom. The number of aryl methyl sites for hydroxylation is 2. The normalized spacial score (nSPS) is 28.9. The predicted molar refractivity (Wildman–Crippen MR) is 157 cm³/mol. The Morgan fingerprint density at radius 1 is 1.00 bits per heavy atom. The molecule has 3 aliphatic carbocycles. The van der Waals surface area contributed by atoms with Gasteiger partial charge in [0, 0.05) is 5.56 Å². The highest BCUT2D eigenvalue weighted by atomic mass is 16.5. The quantitative estimate of drug-likeness (QED) is 0.286. The zero-order chi connectivity index (χ0) is 27.3. The van der Waals surface area contributed by atoms with Crippen molar-refractivity contribution in [1.82, 2.24) is 15.0 Å². The number of hydrogen-bond donors (Lipinski definition) is 1. The Labute approximate surface area is 237 Å². The Bertz CT molecular complexity index is 1480. The van der Waals surface area contributed by atoms with Gasteiger partial charge in [0.25, 0.3) is 0 Å². The van der Waals surface area contributed by atoms with Crippen molar-refractivity contribution in [2.75, 3.05) is 0 Å². The molecular weight excluding hydrogens is 494 g/mol. The lowest BCUT2D eigenvalue weighted by atomic mass is 9.55. The summed E-state index contributed by atoms with van der Waals surface area (Å²) < 4.78 is 8.11. The fourth-order valence-corrected chi connectivity index (χ4v) is 8.11. The second-order valence-electron chi connectivity index (χ2n) is 12.5. The number of ether oxygens (including phenoxy) is 1. The van der Waals surface area contributed by atoms with Crippen LogP contribution in [0.5, 0.6) is 5.75 Å². The van der Waals surface area contributed by atoms with Crippen molar-refractivity contribution < 1.29 is 9.84 Å². The van der Waals surface area contributed by atoms with E-state index in [4.69, 9.17) is 4.74 Å². The molecule has 1 heterocycles. The SMILES string of the molecule is CCc1ccc(-c2cn([C@H]3C[C@H]4[C@@H]5CCc6cc(OCc7ccccc7)ccc6[C@H]5CC[C@@]4(C)[C@@H]3O)nn2)cc1. The topological polar surface area (TPSA) is 60.2 Å². The van der Waals surface area contributed by atoms with Crippen LogP contribution in [0, 0.1) is 17.3 Å². The van der Waals surface area contributed by atoms with Gasteiger partial charge in [0.2, 0.25) is 0 Å². The highest BCUT2D eigenvalue weighted by molar-refractivity contribution is 5.58. The average Bonchev–Trinajstić information content (AvgIpc) is 3.59. The second kappa shape index (κ2) is 10.2. The maximum atomic E-state index is 11.7. The molecule has 40 heavy (non-hydrogen) atoms. The van der Waals surface area contributed by atoms with Gasteiger partial charge in [-0.05, 0) is 96.1 Å². The Morgan fingerprint density at radius 2 is 1.82 bits per heavy atom. The minimum atomic E-state index is -0.411. The standard InChI is InChI=1S/C35H39N3O2/c1-3-23-9-11-25(12-10-23)32-21-38(37-36-32)33-20-31-30-15-13-26-19-27(40-22-24-7-5-4-6-8-24)14-16-28(26)29(30)17-18-35(31,2)34(33)39/h4-12,14,16,19,21,29-31,33-34,39H,3,13,15,17-18,20,22H2,1-2H3/t29-,30-,31+,33+,34-,35-/m1/s1. The fourth-order valence-electron chi connectivity index (χ4n) is 8.11. The average molecular weight is 534 g/mol. The molecule has 3 aromatic carbocycles. The third kappa shape index (κ3) is 4.35. The Balaban J connectivity index is 1.09. The Hall–Kier alpha value is -3.44. The number of aliphatic hydroxyl groups excluding tert-OH is 1. The zero-order valence-corrected chi connectivity index (χ0v) is 23.5. The van der Waals surface area contributed by atoms with Gasteiger partial charge in [0.15, 0.2) is 0 Å². The van der Waals surface area contributed by atoms with E-state index in [1.807, 2.05) is 16.9 Å². The molecule has 0 amide bonds. The van der Waals surface area contributed by atoms with E-state index < -0.39 is 6.10 Å². The summed E-state index contributed by atoms with van der Waals surface area (Å²) in [5, 5.41) is 20.8. The predicted octanol–water partition coefficient (Wildman–Crippen LogP) is 7.15. The fraction of sp³-hybridized carbons (Fsp3) is 0.429. The van der Waals surface area contributed by atoms with Crippen LogP contribution in [-0.4, -0.2) is 26.2 Å². The van der Waals surface area contributed by atoms with Crippen molar-refractivity contribution in [3.8, 4) is 17.0 Å². The number of fused-ring (bicyclic) bond motifs is 5. The van der Waals surface area contributed by atoms with Crippen LogP contribution in [0.1, 0.15) is 73.7 Å². The minimum absolute atomic E-state index is 0.0277. The number of benzene rings is 3. The maximum absolute atomic E-state index is 11.7. The van der Waals surface area contributed by atoms with E-state index in [1.54, 1.807) is 0 Å². The van der Waals surface area contributed by atoms with E-state index in [9.17, 15) is 5.11 Å². The van der Waals surface area contributed by atoms with Crippen molar-refractivity contribution in [2.24, 2.45) is 17.3 Å². The number of nitrogens with zero attached hydrogens (tertiary/aromatic N) is 3. The molecule has 4 aromatic rings. The molecule has 5 heteroatoms. The van der Waals surface area contributed by atoms with Crippen LogP contribution in [-0.2, 0) is 19.4 Å². The number of rotatable bonds is 6. The third-order valence-electron chi connectivity index (χ3n) is 10.4. The molecule has 0 radical (unpaired) electrons. The first kappa shape index (κ1) is 25.5. The lowest BCUT2D eigenvalue weighted by molar-refractivity contribution is -0.0321. The van der Waals surface area contributed by atoms with Crippen LogP contribution in [0.4, 0.5) is 0 Å². The molecule has 0 bridgehead atoms. The van der Waals surface area contributed by atoms with Crippen LogP contribution < -0.4 is 4.74 Å². The van der Waals surface area contributed by atoms with Gasteiger partial charge < -0.3 is 9.84 Å². The molecule has 0 unspecified atom stereocenters. The highest BCUT2D eigenvalue weighted by Crippen LogP contribution is 2.63. The van der Waals surface area contributed by atoms with E-state index in [-0.39, 0.29) is 11.5 Å². The first-order valence-electron chi connectivity index (χ1n) is 15.0. The summed E-state index contributed by atoms with van der Waals surface area (Å²) >= 11 is 0. The van der Waals surface area contributed by atoms with Crippen LogP contribution in [0.25, 0.3) is 11.3 Å². The number of aromatic nitrogens is 3. The van der Waals surface area contributed by atoms with Crippen LogP contribution in [0.2, 0.25) is 0 Å². The van der Waals surface area contributed by atoms with Gasteiger partial charge in [0.05, 0.1) is 18.3 Å². The van der Waals surface area contributed by atoms with E-state index >= 15 is 0 Å². The summed E-state index contributed by atoms with van der Waals surface area (Å²) in [6.07, 6.45) is 8.04. The van der Waals surface area contributed by atoms with Gasteiger partial charge in [-0.1, -0.05) is 79.7 Å². The number of aliphatic hydroxyl groups is 1. The minimum Gasteiger partial charge on any atom is -0.489 e. The van der Waals surface area contributed by atoms with Gasteiger partial charge >= 0.3 is 0 Å². The summed E-state index contributed by atoms with van der Waals surface area (Å²) in [6, 6.07) is 25.7. The van der Waals surface area contributed by atoms with Gasteiger partial charge in [0.1, 0.15) is 18.1 Å². The summed E-state index contributed by atoms with van der Waals surface area (Å²) in [5.41, 5.74) is 7.33. The van der Waals surface area contributed by atoms with Crippen LogP contribution >= 0.6 is 0 Å². The molecular formula is C35H39N3O2. The van der Waals surface area contributed by atoms with Gasteiger partial charge in [-0.2, -0.15) is 0 Å². The summed E-state index contributed by atoms with van der Waals surface area (Å²) in [6.45, 7) is 5.09. The first-order chi connectivity index (χ1) is 19.5. The molecule has 5 nitrogen and oxygen atoms in total. The van der Waals surface area contributed by atoms with Gasteiger partial charge in [-0.15, -0.1) is 5.10 Å². The lowest BCUT2D eigenvalue weighted by Crippen LogP contribution is -2.44. The van der Waals surface area contributed by atoms with Crippen LogP contribution in [0.3, 0.4) is 0 Å². The van der Waals surface area contributed by atoms with E-state index in [2.05, 4.69) is 90.9 Å². The third-order valence-corrected chi connectivity index (χ3v) is 10.4. The van der Waals surface area contributed by atoms with Crippen molar-refractivity contribution in [1.29, 1.82) is 0 Å².